The summed E-state index contributed by atoms with van der Waals surface area (Å²) in [7, 11) is 0. The summed E-state index contributed by atoms with van der Waals surface area (Å²) >= 11 is 2.35. The fourth-order valence-corrected chi connectivity index (χ4v) is 6.49. The highest BCUT2D eigenvalue weighted by Gasteiger charge is 2.34. The standard InChI is InChI=1S/C25H25N3O4S2/c29-22(30)15-33-24-27-26-23(34-24)28(16-8-2-1-3-9-16)25(31)32-14-21-19-12-6-4-10-17(19)18-11-5-7-13-20(18)21/h4-7,10-13,16,21H,1-3,8-9,14-15H2,(H,29,30). The molecule has 3 aromatic rings. The molecule has 7 nitrogen and oxygen atoms in total. The third kappa shape index (κ3) is 4.67. The largest absolute Gasteiger partial charge is 0.481 e. The predicted molar refractivity (Wildman–Crippen MR) is 133 cm³/mol. The van der Waals surface area contributed by atoms with E-state index in [4.69, 9.17) is 9.84 Å². The Balaban J connectivity index is 1.36. The molecule has 2 aliphatic rings. The molecule has 0 aliphatic heterocycles. The van der Waals surface area contributed by atoms with E-state index in [0.717, 1.165) is 43.9 Å². The first-order valence-corrected chi connectivity index (χ1v) is 13.2. The Hall–Kier alpha value is -2.91. The highest BCUT2D eigenvalue weighted by molar-refractivity contribution is 8.01. The lowest BCUT2D eigenvalue weighted by Crippen LogP contribution is -2.42. The third-order valence-corrected chi connectivity index (χ3v) is 8.43. The van der Waals surface area contributed by atoms with E-state index in [9.17, 15) is 9.59 Å². The van der Waals surface area contributed by atoms with Crippen LogP contribution in [0.5, 0.6) is 0 Å². The number of benzene rings is 2. The van der Waals surface area contributed by atoms with E-state index in [1.165, 1.54) is 33.6 Å². The Bertz CT molecular complexity index is 1150. The molecule has 1 fully saturated rings. The van der Waals surface area contributed by atoms with Crippen molar-refractivity contribution in [1.29, 1.82) is 0 Å². The molecule has 1 heterocycles. The van der Waals surface area contributed by atoms with Crippen LogP contribution in [0.25, 0.3) is 11.1 Å². The second-order valence-corrected chi connectivity index (χ2v) is 10.7. The molecule has 0 spiro atoms. The van der Waals surface area contributed by atoms with E-state index in [2.05, 4.69) is 34.5 Å². The number of hydrogen-bond donors (Lipinski definition) is 1. The fraction of sp³-hybridized carbons (Fsp3) is 0.360. The van der Waals surface area contributed by atoms with E-state index < -0.39 is 12.1 Å². The second-order valence-electron chi connectivity index (χ2n) is 8.50. The Labute approximate surface area is 206 Å². The maximum absolute atomic E-state index is 13.4. The normalized spacial score (nSPS) is 15.5. The minimum absolute atomic E-state index is 0.00896. The van der Waals surface area contributed by atoms with Gasteiger partial charge in [-0.2, -0.15) is 0 Å². The van der Waals surface area contributed by atoms with Crippen LogP contribution in [0.2, 0.25) is 0 Å². The molecule has 9 heteroatoms. The zero-order valence-corrected chi connectivity index (χ0v) is 20.2. The number of carbonyl (C=O) groups is 2. The second kappa shape index (κ2) is 10.1. The van der Waals surface area contributed by atoms with E-state index in [-0.39, 0.29) is 24.3 Å². The lowest BCUT2D eigenvalue weighted by molar-refractivity contribution is -0.133. The van der Waals surface area contributed by atoms with Crippen LogP contribution in [-0.2, 0) is 9.53 Å². The molecule has 1 saturated carbocycles. The Morgan fingerprint density at radius 3 is 2.29 bits per heavy atom. The van der Waals surface area contributed by atoms with Gasteiger partial charge in [-0.3, -0.25) is 4.79 Å². The summed E-state index contributed by atoms with van der Waals surface area (Å²) in [6, 6.07) is 16.5. The number of nitrogens with zero attached hydrogens (tertiary/aromatic N) is 3. The van der Waals surface area contributed by atoms with Crippen LogP contribution in [-0.4, -0.2) is 45.8 Å². The van der Waals surface area contributed by atoms with Gasteiger partial charge in [0.1, 0.15) is 6.61 Å². The van der Waals surface area contributed by atoms with Gasteiger partial charge in [0.2, 0.25) is 5.13 Å². The van der Waals surface area contributed by atoms with Crippen LogP contribution >= 0.6 is 23.1 Å². The van der Waals surface area contributed by atoms with Crippen molar-refractivity contribution in [2.45, 2.75) is 48.4 Å². The zero-order valence-electron chi connectivity index (χ0n) is 18.6. The number of thioether (sulfide) groups is 1. The molecule has 0 saturated heterocycles. The zero-order chi connectivity index (χ0) is 23.5. The third-order valence-electron chi connectivity index (χ3n) is 6.39. The van der Waals surface area contributed by atoms with Crippen molar-refractivity contribution < 1.29 is 19.4 Å². The first kappa shape index (κ1) is 22.9. The monoisotopic (exact) mass is 495 g/mol. The lowest BCUT2D eigenvalue weighted by Gasteiger charge is -2.31. The number of carboxylic acid groups (broad SMARTS) is 1. The van der Waals surface area contributed by atoms with E-state index >= 15 is 0 Å². The van der Waals surface area contributed by atoms with Crippen molar-refractivity contribution in [1.82, 2.24) is 10.2 Å². The van der Waals surface area contributed by atoms with Gasteiger partial charge >= 0.3 is 12.1 Å². The molecule has 1 aromatic heterocycles. The van der Waals surface area contributed by atoms with Crippen LogP contribution in [0.1, 0.15) is 49.1 Å². The van der Waals surface area contributed by atoms with Crippen molar-refractivity contribution in [3.63, 3.8) is 0 Å². The minimum Gasteiger partial charge on any atom is -0.481 e. The van der Waals surface area contributed by atoms with Gasteiger partial charge in [-0.15, -0.1) is 10.2 Å². The number of anilines is 1. The summed E-state index contributed by atoms with van der Waals surface area (Å²) in [4.78, 5) is 26.0. The number of carboxylic acids is 1. The molecule has 0 bridgehead atoms. The van der Waals surface area contributed by atoms with Gasteiger partial charge in [0, 0.05) is 12.0 Å². The van der Waals surface area contributed by atoms with Crippen LogP contribution in [0.4, 0.5) is 9.93 Å². The fourth-order valence-electron chi connectivity index (χ4n) is 4.87. The quantitative estimate of drug-likeness (QED) is 0.327. The maximum atomic E-state index is 13.4. The van der Waals surface area contributed by atoms with Crippen LogP contribution in [0.15, 0.2) is 52.9 Å². The van der Waals surface area contributed by atoms with Crippen LogP contribution < -0.4 is 4.90 Å². The molecule has 0 unspecified atom stereocenters. The Morgan fingerprint density at radius 2 is 1.65 bits per heavy atom. The predicted octanol–water partition coefficient (Wildman–Crippen LogP) is 5.80. The highest BCUT2D eigenvalue weighted by atomic mass is 32.2. The molecular weight excluding hydrogens is 470 g/mol. The molecular formula is C25H25N3O4S2. The summed E-state index contributed by atoms with van der Waals surface area (Å²) in [6.07, 6.45) is 4.63. The number of aliphatic carboxylic acids is 1. The van der Waals surface area contributed by atoms with Crippen molar-refractivity contribution in [3.8, 4) is 11.1 Å². The van der Waals surface area contributed by atoms with Gasteiger partial charge in [-0.1, -0.05) is 90.9 Å². The van der Waals surface area contributed by atoms with Gasteiger partial charge in [-0.25, -0.2) is 9.69 Å². The van der Waals surface area contributed by atoms with Crippen LogP contribution in [0.3, 0.4) is 0 Å². The number of hydrogen-bond acceptors (Lipinski definition) is 7. The summed E-state index contributed by atoms with van der Waals surface area (Å²) in [5.41, 5.74) is 4.72. The van der Waals surface area contributed by atoms with Crippen molar-refractivity contribution >= 4 is 40.3 Å². The molecule has 5 rings (SSSR count). The lowest BCUT2D eigenvalue weighted by atomic mass is 9.95. The summed E-state index contributed by atoms with van der Waals surface area (Å²) in [6.45, 7) is 0.246. The van der Waals surface area contributed by atoms with E-state index in [0.29, 0.717) is 9.47 Å². The van der Waals surface area contributed by atoms with Crippen molar-refractivity contribution in [3.05, 3.63) is 59.7 Å². The van der Waals surface area contributed by atoms with E-state index in [1.54, 1.807) is 4.90 Å². The molecule has 176 valence electrons. The minimum atomic E-state index is -0.914. The molecule has 2 aromatic carbocycles. The average molecular weight is 496 g/mol. The number of fused-ring (bicyclic) bond motifs is 3. The molecule has 0 radical (unpaired) electrons. The number of rotatable bonds is 7. The van der Waals surface area contributed by atoms with Gasteiger partial charge in [0.15, 0.2) is 4.34 Å². The number of aromatic nitrogens is 2. The van der Waals surface area contributed by atoms with E-state index in [1.807, 2.05) is 24.3 Å². The molecule has 1 N–H and O–H groups in total. The molecule has 0 atom stereocenters. The summed E-state index contributed by atoms with van der Waals surface area (Å²) in [5.74, 6) is -1.02. The average Bonchev–Trinajstić information content (AvgIpc) is 3.45. The first-order chi connectivity index (χ1) is 16.6. The van der Waals surface area contributed by atoms with Gasteiger partial charge < -0.3 is 9.84 Å². The number of amides is 1. The summed E-state index contributed by atoms with van der Waals surface area (Å²) in [5, 5.41) is 17.7. The molecule has 34 heavy (non-hydrogen) atoms. The van der Waals surface area contributed by atoms with Gasteiger partial charge in [0.05, 0.1) is 5.75 Å². The summed E-state index contributed by atoms with van der Waals surface area (Å²) < 4.78 is 6.47. The molecule has 1 amide bonds. The van der Waals surface area contributed by atoms with Gasteiger partial charge in [-0.05, 0) is 35.1 Å². The Kier molecular flexibility index (Phi) is 6.82. The smallest absolute Gasteiger partial charge is 0.416 e. The Morgan fingerprint density at radius 1 is 1.00 bits per heavy atom. The topological polar surface area (TPSA) is 92.6 Å². The first-order valence-electron chi connectivity index (χ1n) is 11.4. The van der Waals surface area contributed by atoms with Crippen molar-refractivity contribution in [2.24, 2.45) is 0 Å². The van der Waals surface area contributed by atoms with Crippen LogP contribution in [0, 0.1) is 0 Å². The van der Waals surface area contributed by atoms with Gasteiger partial charge in [0.25, 0.3) is 0 Å². The number of carbonyl (C=O) groups excluding carboxylic acids is 1. The maximum Gasteiger partial charge on any atom is 0.416 e. The highest BCUT2D eigenvalue weighted by Crippen LogP contribution is 2.44. The SMILES string of the molecule is O=C(O)CSc1nnc(N(C(=O)OCC2c3ccccc3-c3ccccc32)C2CCCCC2)s1. The van der Waals surface area contributed by atoms with Crippen molar-refractivity contribution in [2.75, 3.05) is 17.3 Å². The molecule has 2 aliphatic carbocycles. The number of ether oxygens (including phenoxy) is 1.